The molecule has 8 nitrogen and oxygen atoms in total. The Morgan fingerprint density at radius 3 is 2.59 bits per heavy atom. The first-order chi connectivity index (χ1) is 13.7. The molecule has 29 heavy (non-hydrogen) atoms. The third-order valence-corrected chi connectivity index (χ3v) is 4.75. The van der Waals surface area contributed by atoms with Crippen molar-refractivity contribution in [1.82, 2.24) is 19.9 Å². The number of carbonyl (C=O) groups excluding carboxylic acids is 2. The molecule has 1 amide bonds. The Bertz CT molecular complexity index is 857. The summed E-state index contributed by atoms with van der Waals surface area (Å²) in [6, 6.07) is 8.92. The lowest BCUT2D eigenvalue weighted by molar-refractivity contribution is -0.159. The van der Waals surface area contributed by atoms with Crippen molar-refractivity contribution in [1.29, 1.82) is 0 Å². The van der Waals surface area contributed by atoms with Crippen molar-refractivity contribution in [3.63, 3.8) is 0 Å². The van der Waals surface area contributed by atoms with Crippen LogP contribution in [0.15, 0.2) is 36.5 Å². The summed E-state index contributed by atoms with van der Waals surface area (Å²) in [5, 5.41) is 4.40. The number of rotatable bonds is 6. The number of nitrogens with one attached hydrogen (secondary N) is 1. The van der Waals surface area contributed by atoms with E-state index in [-0.39, 0.29) is 11.9 Å². The number of aromatic nitrogens is 2. The minimum absolute atomic E-state index is 0.170. The van der Waals surface area contributed by atoms with E-state index in [1.807, 2.05) is 37.6 Å². The molecule has 2 aromatic rings. The zero-order valence-corrected chi connectivity index (χ0v) is 18.9. The molecule has 0 spiro atoms. The van der Waals surface area contributed by atoms with E-state index in [1.165, 1.54) is 0 Å². The molecular formula is C20H25IN4O4. The molecule has 0 atom stereocenters. The van der Waals surface area contributed by atoms with Crippen LogP contribution < -0.4 is 5.32 Å². The van der Waals surface area contributed by atoms with Crippen LogP contribution in [-0.4, -0.2) is 51.9 Å². The highest BCUT2D eigenvalue weighted by atomic mass is 127. The van der Waals surface area contributed by atoms with Crippen molar-refractivity contribution < 1.29 is 19.2 Å². The Labute approximate surface area is 183 Å². The van der Waals surface area contributed by atoms with Crippen LogP contribution in [0.25, 0.3) is 0 Å². The highest BCUT2D eigenvalue weighted by molar-refractivity contribution is 14.1. The largest absolute Gasteiger partial charge is 0.444 e. The number of hydrogen-bond acceptors (Lipinski definition) is 6. The van der Waals surface area contributed by atoms with Crippen molar-refractivity contribution in [3.8, 4) is 0 Å². The van der Waals surface area contributed by atoms with Crippen LogP contribution in [-0.2, 0) is 16.1 Å². The second kappa shape index (κ2) is 9.12. The van der Waals surface area contributed by atoms with Gasteiger partial charge in [0.2, 0.25) is 0 Å². The van der Waals surface area contributed by atoms with Gasteiger partial charge in [-0.1, -0.05) is 18.2 Å². The molecule has 1 fully saturated rings. The molecule has 156 valence electrons. The van der Waals surface area contributed by atoms with Crippen molar-refractivity contribution in [2.45, 2.75) is 38.8 Å². The van der Waals surface area contributed by atoms with Gasteiger partial charge in [0.1, 0.15) is 15.1 Å². The fourth-order valence-corrected chi connectivity index (χ4v) is 3.50. The number of carbonyl (C=O) groups is 2. The minimum atomic E-state index is -0.522. The predicted molar refractivity (Wildman–Crippen MR) is 115 cm³/mol. The standard InChI is InChI=1S/C20H25IN4O4/c1-20(2,3)28-19(27)22-9-10-24-13-16(21)23-17(24)15-11-25(12-15)29-18(26)14-7-5-4-6-8-14/h4-8,13,15H,9-12H2,1-3H3,(H,22,27). The summed E-state index contributed by atoms with van der Waals surface area (Å²) in [7, 11) is 0. The lowest BCUT2D eigenvalue weighted by atomic mass is 10.0. The van der Waals surface area contributed by atoms with E-state index >= 15 is 0 Å². The summed E-state index contributed by atoms with van der Waals surface area (Å²) < 4.78 is 8.16. The van der Waals surface area contributed by atoms with E-state index in [1.54, 1.807) is 29.3 Å². The van der Waals surface area contributed by atoms with Crippen LogP contribution in [0, 0.1) is 3.70 Å². The second-order valence-corrected chi connectivity index (χ2v) is 8.94. The topological polar surface area (TPSA) is 85.7 Å². The average Bonchev–Trinajstić information content (AvgIpc) is 2.96. The molecule has 0 saturated carbocycles. The van der Waals surface area contributed by atoms with Crippen molar-refractivity contribution in [3.05, 3.63) is 51.6 Å². The van der Waals surface area contributed by atoms with Gasteiger partial charge in [-0.25, -0.2) is 14.6 Å². The zero-order chi connectivity index (χ0) is 21.0. The number of imidazole rings is 1. The number of benzene rings is 1. The smallest absolute Gasteiger partial charge is 0.407 e. The minimum Gasteiger partial charge on any atom is -0.444 e. The second-order valence-electron chi connectivity index (χ2n) is 7.83. The van der Waals surface area contributed by atoms with Crippen LogP contribution in [0.2, 0.25) is 0 Å². The lowest BCUT2D eigenvalue weighted by Crippen LogP contribution is -2.47. The Balaban J connectivity index is 1.49. The molecule has 1 aromatic carbocycles. The predicted octanol–water partition coefficient (Wildman–Crippen LogP) is 3.18. The molecule has 1 saturated heterocycles. The number of nitrogens with zero attached hydrogens (tertiary/aromatic N) is 3. The molecule has 1 aliphatic rings. The molecule has 9 heteroatoms. The van der Waals surface area contributed by atoms with Gasteiger partial charge in [-0.3, -0.25) is 0 Å². The van der Waals surface area contributed by atoms with Gasteiger partial charge < -0.3 is 19.5 Å². The first-order valence-electron chi connectivity index (χ1n) is 9.43. The van der Waals surface area contributed by atoms with E-state index in [2.05, 4.69) is 32.9 Å². The summed E-state index contributed by atoms with van der Waals surface area (Å²) in [4.78, 5) is 33.9. The Kier molecular flexibility index (Phi) is 6.78. The van der Waals surface area contributed by atoms with Crippen LogP contribution in [0.3, 0.4) is 0 Å². The highest BCUT2D eigenvalue weighted by Gasteiger charge is 2.34. The number of alkyl carbamates (subject to hydrolysis) is 1. The molecule has 1 N–H and O–H groups in total. The maximum Gasteiger partial charge on any atom is 0.407 e. The Morgan fingerprint density at radius 1 is 1.24 bits per heavy atom. The normalized spacial score (nSPS) is 14.9. The number of hydrogen-bond donors (Lipinski definition) is 1. The fourth-order valence-electron chi connectivity index (χ4n) is 2.91. The summed E-state index contributed by atoms with van der Waals surface area (Å²) >= 11 is 2.17. The van der Waals surface area contributed by atoms with Gasteiger partial charge in [-0.2, -0.15) is 0 Å². The molecule has 0 radical (unpaired) electrons. The van der Waals surface area contributed by atoms with Gasteiger partial charge in [0.25, 0.3) is 0 Å². The highest BCUT2D eigenvalue weighted by Crippen LogP contribution is 2.27. The number of amides is 1. The van der Waals surface area contributed by atoms with Gasteiger partial charge >= 0.3 is 12.1 Å². The Hall–Kier alpha value is -2.14. The van der Waals surface area contributed by atoms with E-state index in [0.717, 1.165) is 9.53 Å². The molecule has 1 aromatic heterocycles. The first-order valence-corrected chi connectivity index (χ1v) is 10.5. The van der Waals surface area contributed by atoms with E-state index in [9.17, 15) is 9.59 Å². The van der Waals surface area contributed by atoms with Gasteiger partial charge in [0.15, 0.2) is 0 Å². The fraction of sp³-hybridized carbons (Fsp3) is 0.450. The van der Waals surface area contributed by atoms with Crippen LogP contribution in [0.1, 0.15) is 42.9 Å². The molecule has 0 aliphatic carbocycles. The summed E-state index contributed by atoms with van der Waals surface area (Å²) in [5.74, 6) is 0.736. The number of hydroxylamine groups is 2. The van der Waals surface area contributed by atoms with Gasteiger partial charge in [0, 0.05) is 38.3 Å². The van der Waals surface area contributed by atoms with E-state index in [0.29, 0.717) is 31.7 Å². The van der Waals surface area contributed by atoms with Crippen LogP contribution in [0.5, 0.6) is 0 Å². The number of ether oxygens (including phenoxy) is 1. The maximum absolute atomic E-state index is 12.1. The van der Waals surface area contributed by atoms with Gasteiger partial charge in [-0.05, 0) is 55.5 Å². The van der Waals surface area contributed by atoms with Crippen molar-refractivity contribution >= 4 is 34.7 Å². The maximum atomic E-state index is 12.1. The molecular weight excluding hydrogens is 487 g/mol. The first kappa shape index (κ1) is 21.6. The summed E-state index contributed by atoms with van der Waals surface area (Å²) in [6.45, 7) is 7.69. The third kappa shape index (κ3) is 6.17. The third-order valence-electron chi connectivity index (χ3n) is 4.23. The molecule has 1 aliphatic heterocycles. The van der Waals surface area contributed by atoms with Crippen LogP contribution in [0.4, 0.5) is 4.79 Å². The molecule has 0 unspecified atom stereocenters. The average molecular weight is 512 g/mol. The SMILES string of the molecule is CC(C)(C)OC(=O)NCCn1cc(I)nc1C1CN(OC(=O)c2ccccc2)C1. The molecule has 2 heterocycles. The van der Waals surface area contributed by atoms with Gasteiger partial charge in [0.05, 0.1) is 5.56 Å². The Morgan fingerprint density at radius 2 is 1.93 bits per heavy atom. The lowest BCUT2D eigenvalue weighted by Gasteiger charge is -2.36. The monoisotopic (exact) mass is 512 g/mol. The summed E-state index contributed by atoms with van der Waals surface area (Å²) in [6.07, 6.45) is 1.52. The van der Waals surface area contributed by atoms with E-state index in [4.69, 9.17) is 9.57 Å². The van der Waals surface area contributed by atoms with Crippen molar-refractivity contribution in [2.24, 2.45) is 0 Å². The quantitative estimate of drug-likeness (QED) is 0.599. The molecule has 0 bridgehead atoms. The number of halogens is 1. The van der Waals surface area contributed by atoms with Crippen LogP contribution >= 0.6 is 22.6 Å². The van der Waals surface area contributed by atoms with Crippen molar-refractivity contribution in [2.75, 3.05) is 19.6 Å². The van der Waals surface area contributed by atoms with Gasteiger partial charge in [-0.15, -0.1) is 5.06 Å². The molecule has 3 rings (SSSR count). The zero-order valence-electron chi connectivity index (χ0n) is 16.7. The van der Waals surface area contributed by atoms with E-state index < -0.39 is 11.7 Å². The summed E-state index contributed by atoms with van der Waals surface area (Å²) in [5.41, 5.74) is 0.00635.